The summed E-state index contributed by atoms with van der Waals surface area (Å²) in [4.78, 5) is 12.0. The highest BCUT2D eigenvalue weighted by Gasteiger charge is 2.20. The number of nitrogens with two attached hydrogens (primary N) is 1. The zero-order valence-corrected chi connectivity index (χ0v) is 12.5. The fraction of sp³-hybridized carbons (Fsp3) is 0.462. The van der Waals surface area contributed by atoms with Gasteiger partial charge in [0.15, 0.2) is 5.78 Å². The smallest absolute Gasteiger partial charge is 0.167 e. The highest BCUT2D eigenvalue weighted by molar-refractivity contribution is 9.10. The van der Waals surface area contributed by atoms with Crippen LogP contribution < -0.4 is 15.2 Å². The van der Waals surface area contributed by atoms with Crippen molar-refractivity contribution in [2.24, 2.45) is 5.73 Å². The van der Waals surface area contributed by atoms with E-state index in [2.05, 4.69) is 15.9 Å². The lowest BCUT2D eigenvalue weighted by atomic mass is 10.0. The molecule has 0 radical (unpaired) electrons. The first-order valence-corrected chi connectivity index (χ1v) is 6.56. The zero-order valence-electron chi connectivity index (χ0n) is 10.9. The van der Waals surface area contributed by atoms with Gasteiger partial charge in [0.2, 0.25) is 0 Å². The molecule has 2 N–H and O–H groups in total. The fourth-order valence-corrected chi connectivity index (χ4v) is 2.62. The van der Waals surface area contributed by atoms with E-state index in [0.717, 1.165) is 12.0 Å². The van der Waals surface area contributed by atoms with E-state index >= 15 is 0 Å². The monoisotopic (exact) mass is 315 g/mol. The van der Waals surface area contributed by atoms with Crippen LogP contribution in [0.15, 0.2) is 10.5 Å². The number of rotatable bonds is 6. The minimum Gasteiger partial charge on any atom is -0.495 e. The number of methoxy groups -OCH3 is 2. The van der Waals surface area contributed by atoms with Gasteiger partial charge in [0.1, 0.15) is 16.0 Å². The van der Waals surface area contributed by atoms with Gasteiger partial charge in [-0.2, -0.15) is 0 Å². The van der Waals surface area contributed by atoms with Gasteiger partial charge in [-0.25, -0.2) is 0 Å². The van der Waals surface area contributed by atoms with Crippen molar-refractivity contribution in [3.05, 3.63) is 21.7 Å². The number of ether oxygens (including phenoxy) is 2. The Morgan fingerprint density at radius 2 is 1.94 bits per heavy atom. The average molecular weight is 316 g/mol. The Morgan fingerprint density at radius 3 is 2.39 bits per heavy atom. The zero-order chi connectivity index (χ0) is 13.7. The Kier molecular flexibility index (Phi) is 5.62. The van der Waals surface area contributed by atoms with Crippen LogP contribution in [0.25, 0.3) is 0 Å². The van der Waals surface area contributed by atoms with Crippen LogP contribution in [0.2, 0.25) is 0 Å². The maximum Gasteiger partial charge on any atom is 0.167 e. The van der Waals surface area contributed by atoms with Crippen molar-refractivity contribution in [1.82, 2.24) is 0 Å². The number of halogens is 1. The Labute approximate surface area is 116 Å². The van der Waals surface area contributed by atoms with E-state index in [1.807, 2.05) is 13.0 Å². The molecular weight excluding hydrogens is 298 g/mol. The molecule has 18 heavy (non-hydrogen) atoms. The van der Waals surface area contributed by atoms with Gasteiger partial charge in [-0.3, -0.25) is 4.79 Å². The minimum absolute atomic E-state index is 0.0209. The van der Waals surface area contributed by atoms with Gasteiger partial charge < -0.3 is 15.2 Å². The number of carbonyl (C=O) groups excluding carboxylic acids is 1. The van der Waals surface area contributed by atoms with Crippen molar-refractivity contribution in [3.8, 4) is 11.5 Å². The number of aryl methyl sites for hydroxylation is 1. The molecule has 0 amide bonds. The Bertz CT molecular complexity index is 446. The van der Waals surface area contributed by atoms with Crippen molar-refractivity contribution in [2.45, 2.75) is 19.8 Å². The van der Waals surface area contributed by atoms with Gasteiger partial charge in [0.25, 0.3) is 0 Å². The van der Waals surface area contributed by atoms with E-state index in [4.69, 9.17) is 15.2 Å². The highest BCUT2D eigenvalue weighted by atomic mass is 79.9. The second-order valence-corrected chi connectivity index (χ2v) is 4.57. The summed E-state index contributed by atoms with van der Waals surface area (Å²) in [6, 6.07) is 1.82. The molecule has 0 fully saturated rings. The van der Waals surface area contributed by atoms with Gasteiger partial charge in [-0.15, -0.1) is 0 Å². The number of carbonyl (C=O) groups is 1. The van der Waals surface area contributed by atoms with E-state index in [-0.39, 0.29) is 5.78 Å². The minimum atomic E-state index is -0.0209. The molecule has 0 saturated carbocycles. The lowest BCUT2D eigenvalue weighted by Gasteiger charge is -2.16. The summed E-state index contributed by atoms with van der Waals surface area (Å²) in [5, 5.41) is 0. The first-order chi connectivity index (χ1) is 8.60. The van der Waals surface area contributed by atoms with Crippen LogP contribution >= 0.6 is 15.9 Å². The molecule has 1 aromatic rings. The van der Waals surface area contributed by atoms with Crippen molar-refractivity contribution < 1.29 is 14.3 Å². The number of ketones is 1. The molecule has 0 heterocycles. The molecule has 1 rings (SSSR count). The summed E-state index contributed by atoms with van der Waals surface area (Å²) in [5.74, 6) is 1.19. The predicted molar refractivity (Wildman–Crippen MR) is 74.6 cm³/mol. The van der Waals surface area contributed by atoms with Gasteiger partial charge in [0.05, 0.1) is 19.8 Å². The van der Waals surface area contributed by atoms with E-state index in [1.54, 1.807) is 7.11 Å². The number of hydrogen-bond acceptors (Lipinski definition) is 4. The molecule has 4 nitrogen and oxygen atoms in total. The van der Waals surface area contributed by atoms with Crippen molar-refractivity contribution in [2.75, 3.05) is 20.8 Å². The van der Waals surface area contributed by atoms with Crippen molar-refractivity contribution in [1.29, 1.82) is 0 Å². The van der Waals surface area contributed by atoms with E-state index in [9.17, 15) is 4.79 Å². The molecule has 0 unspecified atom stereocenters. The Hall–Kier alpha value is -1.07. The number of benzene rings is 1. The first kappa shape index (κ1) is 15.0. The molecule has 0 aliphatic rings. The fourth-order valence-electron chi connectivity index (χ4n) is 1.82. The summed E-state index contributed by atoms with van der Waals surface area (Å²) in [6.07, 6.45) is 1.08. The summed E-state index contributed by atoms with van der Waals surface area (Å²) in [7, 11) is 3.13. The third-order valence-corrected chi connectivity index (χ3v) is 3.43. The van der Waals surface area contributed by atoms with Crippen LogP contribution in [0, 0.1) is 0 Å². The predicted octanol–water partition coefficient (Wildman–Crippen LogP) is 2.56. The lowest BCUT2D eigenvalue weighted by Crippen LogP contribution is -2.11. The van der Waals surface area contributed by atoms with Crippen LogP contribution in [-0.4, -0.2) is 26.5 Å². The topological polar surface area (TPSA) is 61.6 Å². The summed E-state index contributed by atoms with van der Waals surface area (Å²) < 4.78 is 11.3. The number of hydrogen-bond donors (Lipinski definition) is 1. The van der Waals surface area contributed by atoms with E-state index < -0.39 is 0 Å². The Balaban J connectivity index is 3.42. The molecule has 1 aromatic carbocycles. The molecule has 5 heteroatoms. The van der Waals surface area contributed by atoms with E-state index in [0.29, 0.717) is 34.5 Å². The molecule has 0 bridgehead atoms. The summed E-state index contributed by atoms with van der Waals surface area (Å²) in [6.45, 7) is 2.33. The standard InChI is InChI=1S/C13H18BrNO3/c1-4-8-7-9(10(16)5-6-15)13(18-3)11(14)12(8)17-2/h7H,4-6,15H2,1-3H3. The summed E-state index contributed by atoms with van der Waals surface area (Å²) in [5.41, 5.74) is 6.94. The van der Waals surface area contributed by atoms with Crippen LogP contribution in [0.3, 0.4) is 0 Å². The van der Waals surface area contributed by atoms with E-state index in [1.165, 1.54) is 7.11 Å². The van der Waals surface area contributed by atoms with Crippen LogP contribution in [0.4, 0.5) is 0 Å². The first-order valence-electron chi connectivity index (χ1n) is 5.77. The number of Topliss-reactive ketones (excluding diaryl/α,β-unsaturated/α-hetero) is 1. The van der Waals surface area contributed by atoms with Crippen LogP contribution in [-0.2, 0) is 6.42 Å². The average Bonchev–Trinajstić information content (AvgIpc) is 2.37. The van der Waals surface area contributed by atoms with Crippen LogP contribution in [0.1, 0.15) is 29.3 Å². The largest absolute Gasteiger partial charge is 0.495 e. The molecule has 0 aliphatic heterocycles. The second-order valence-electron chi connectivity index (χ2n) is 3.78. The molecule has 0 atom stereocenters. The molecule has 0 saturated heterocycles. The van der Waals surface area contributed by atoms with Gasteiger partial charge in [-0.05, 0) is 40.5 Å². The molecule has 0 aromatic heterocycles. The third-order valence-electron chi connectivity index (χ3n) is 2.71. The third kappa shape index (κ3) is 2.84. The highest BCUT2D eigenvalue weighted by Crippen LogP contribution is 2.40. The SMILES string of the molecule is CCc1cc(C(=O)CCN)c(OC)c(Br)c1OC. The second kappa shape index (κ2) is 6.75. The molecule has 100 valence electrons. The van der Waals surface area contributed by atoms with Gasteiger partial charge in [0, 0.05) is 6.42 Å². The van der Waals surface area contributed by atoms with Crippen molar-refractivity contribution in [3.63, 3.8) is 0 Å². The normalized spacial score (nSPS) is 10.3. The lowest BCUT2D eigenvalue weighted by molar-refractivity contribution is 0.0982. The molecule has 0 aliphatic carbocycles. The maximum absolute atomic E-state index is 12.0. The van der Waals surface area contributed by atoms with Gasteiger partial charge in [-0.1, -0.05) is 6.92 Å². The maximum atomic E-state index is 12.0. The molecular formula is C13H18BrNO3. The van der Waals surface area contributed by atoms with Gasteiger partial charge >= 0.3 is 0 Å². The Morgan fingerprint density at radius 1 is 1.33 bits per heavy atom. The summed E-state index contributed by atoms with van der Waals surface area (Å²) >= 11 is 3.43. The van der Waals surface area contributed by atoms with Crippen molar-refractivity contribution >= 4 is 21.7 Å². The van der Waals surface area contributed by atoms with Crippen LogP contribution in [0.5, 0.6) is 11.5 Å². The quantitative estimate of drug-likeness (QED) is 0.819. The molecule has 0 spiro atoms.